The molecule has 7 heteroatoms. The molecular formula is C14H18N2O4S. The number of carboxylic acids is 1. The summed E-state index contributed by atoms with van der Waals surface area (Å²) in [6.45, 7) is 5.38. The van der Waals surface area contributed by atoms with E-state index >= 15 is 0 Å². The fraction of sp³-hybridized carbons (Fsp3) is 0.357. The van der Waals surface area contributed by atoms with Gasteiger partial charge in [-0.05, 0) is 38.5 Å². The number of aryl methyl sites for hydroxylation is 1. The average Bonchev–Trinajstić information content (AvgIpc) is 2.74. The van der Waals surface area contributed by atoms with Gasteiger partial charge in [0, 0.05) is 17.0 Å². The average molecular weight is 310 g/mol. The molecule has 3 N–H and O–H groups in total. The fourth-order valence-corrected chi connectivity index (χ4v) is 2.53. The SMILES string of the molecule is Cc1cc(C(=O)NCC(=O)NC(C)C)sc1/C=C/C(=O)O. The molecule has 0 aliphatic carbocycles. The zero-order valence-corrected chi connectivity index (χ0v) is 12.9. The summed E-state index contributed by atoms with van der Waals surface area (Å²) < 4.78 is 0. The van der Waals surface area contributed by atoms with E-state index in [1.807, 2.05) is 13.8 Å². The normalized spacial score (nSPS) is 10.9. The highest BCUT2D eigenvalue weighted by molar-refractivity contribution is 7.15. The molecule has 21 heavy (non-hydrogen) atoms. The van der Waals surface area contributed by atoms with Gasteiger partial charge in [0.15, 0.2) is 0 Å². The molecule has 0 spiro atoms. The van der Waals surface area contributed by atoms with Gasteiger partial charge in [0.2, 0.25) is 5.91 Å². The summed E-state index contributed by atoms with van der Waals surface area (Å²) in [7, 11) is 0. The number of carbonyl (C=O) groups excluding carboxylic acids is 2. The van der Waals surface area contributed by atoms with E-state index in [1.54, 1.807) is 13.0 Å². The predicted octanol–water partition coefficient (Wildman–Crippen LogP) is 1.41. The summed E-state index contributed by atoms with van der Waals surface area (Å²) in [5.41, 5.74) is 0.814. The minimum absolute atomic E-state index is 0.0196. The molecule has 114 valence electrons. The quantitative estimate of drug-likeness (QED) is 0.692. The van der Waals surface area contributed by atoms with Crippen LogP contribution in [0.4, 0.5) is 0 Å². The molecule has 1 rings (SSSR count). The number of nitrogens with one attached hydrogen (secondary N) is 2. The molecule has 0 aromatic carbocycles. The molecule has 0 atom stereocenters. The van der Waals surface area contributed by atoms with E-state index in [9.17, 15) is 14.4 Å². The highest BCUT2D eigenvalue weighted by Gasteiger charge is 2.12. The highest BCUT2D eigenvalue weighted by Crippen LogP contribution is 2.23. The van der Waals surface area contributed by atoms with Crippen molar-refractivity contribution in [3.05, 3.63) is 27.5 Å². The van der Waals surface area contributed by atoms with Gasteiger partial charge in [-0.3, -0.25) is 9.59 Å². The molecule has 0 saturated carbocycles. The van der Waals surface area contributed by atoms with E-state index in [-0.39, 0.29) is 24.4 Å². The maximum atomic E-state index is 11.9. The Labute approximate surface area is 126 Å². The Kier molecular flexibility index (Phi) is 6.10. The van der Waals surface area contributed by atoms with Crippen LogP contribution in [0.5, 0.6) is 0 Å². The van der Waals surface area contributed by atoms with Gasteiger partial charge in [-0.2, -0.15) is 0 Å². The lowest BCUT2D eigenvalue weighted by Gasteiger charge is -2.08. The maximum absolute atomic E-state index is 11.9. The second-order valence-corrected chi connectivity index (χ2v) is 5.82. The van der Waals surface area contributed by atoms with Crippen LogP contribution in [-0.2, 0) is 9.59 Å². The Bertz CT molecular complexity index is 576. The van der Waals surface area contributed by atoms with Crippen LogP contribution >= 0.6 is 11.3 Å². The standard InChI is InChI=1S/C14H18N2O4S/c1-8(2)16-12(17)7-15-14(20)11-6-9(3)10(21-11)4-5-13(18)19/h4-6,8H,7H2,1-3H3,(H,15,20)(H,16,17)(H,18,19)/b5-4+. The number of carboxylic acid groups (broad SMARTS) is 1. The zero-order valence-electron chi connectivity index (χ0n) is 12.1. The van der Waals surface area contributed by atoms with Crippen LogP contribution in [0.1, 0.15) is 34.0 Å². The minimum atomic E-state index is -1.04. The molecule has 1 heterocycles. The van der Waals surface area contributed by atoms with Gasteiger partial charge in [-0.15, -0.1) is 11.3 Å². The molecule has 1 aromatic rings. The second-order valence-electron chi connectivity index (χ2n) is 4.73. The van der Waals surface area contributed by atoms with Crippen molar-refractivity contribution in [1.82, 2.24) is 10.6 Å². The molecule has 0 fully saturated rings. The first-order valence-corrected chi connectivity index (χ1v) is 7.20. The molecular weight excluding hydrogens is 292 g/mol. The molecule has 0 bridgehead atoms. The summed E-state index contributed by atoms with van der Waals surface area (Å²) >= 11 is 1.18. The number of amides is 2. The fourth-order valence-electron chi connectivity index (χ4n) is 1.54. The third-order valence-corrected chi connectivity index (χ3v) is 3.62. The molecule has 0 saturated heterocycles. The van der Waals surface area contributed by atoms with Gasteiger partial charge in [0.25, 0.3) is 5.91 Å². The number of hydrogen-bond donors (Lipinski definition) is 3. The molecule has 2 amide bonds. The van der Waals surface area contributed by atoms with Crippen LogP contribution in [0.15, 0.2) is 12.1 Å². The van der Waals surface area contributed by atoms with Crippen molar-refractivity contribution < 1.29 is 19.5 Å². The molecule has 0 radical (unpaired) electrons. The maximum Gasteiger partial charge on any atom is 0.328 e. The largest absolute Gasteiger partial charge is 0.478 e. The Morgan fingerprint density at radius 2 is 2.05 bits per heavy atom. The van der Waals surface area contributed by atoms with E-state index in [2.05, 4.69) is 10.6 Å². The van der Waals surface area contributed by atoms with E-state index in [0.29, 0.717) is 9.75 Å². The Hall–Kier alpha value is -2.15. The minimum Gasteiger partial charge on any atom is -0.478 e. The molecule has 1 aromatic heterocycles. The van der Waals surface area contributed by atoms with Gasteiger partial charge < -0.3 is 15.7 Å². The van der Waals surface area contributed by atoms with Crippen molar-refractivity contribution in [2.75, 3.05) is 6.54 Å². The smallest absolute Gasteiger partial charge is 0.328 e. The molecule has 0 aliphatic heterocycles. The van der Waals surface area contributed by atoms with Gasteiger partial charge >= 0.3 is 5.97 Å². The first-order valence-electron chi connectivity index (χ1n) is 6.38. The third kappa shape index (κ3) is 5.78. The van der Waals surface area contributed by atoms with E-state index in [1.165, 1.54) is 17.4 Å². The lowest BCUT2D eigenvalue weighted by atomic mass is 10.2. The van der Waals surface area contributed by atoms with E-state index < -0.39 is 5.97 Å². The van der Waals surface area contributed by atoms with Crippen LogP contribution in [0.25, 0.3) is 6.08 Å². The van der Waals surface area contributed by atoms with E-state index in [4.69, 9.17) is 5.11 Å². The van der Waals surface area contributed by atoms with Crippen molar-refractivity contribution in [1.29, 1.82) is 0 Å². The predicted molar refractivity (Wildman–Crippen MR) is 81.3 cm³/mol. The molecule has 6 nitrogen and oxygen atoms in total. The van der Waals surface area contributed by atoms with Crippen molar-refractivity contribution in [3.8, 4) is 0 Å². The monoisotopic (exact) mass is 310 g/mol. The lowest BCUT2D eigenvalue weighted by Crippen LogP contribution is -2.39. The van der Waals surface area contributed by atoms with Gasteiger partial charge in [0.05, 0.1) is 11.4 Å². The Morgan fingerprint density at radius 1 is 1.38 bits per heavy atom. The van der Waals surface area contributed by atoms with Crippen LogP contribution in [0, 0.1) is 6.92 Å². The number of aliphatic carboxylic acids is 1. The number of rotatable bonds is 6. The summed E-state index contributed by atoms with van der Waals surface area (Å²) in [6, 6.07) is 1.69. The third-order valence-electron chi connectivity index (χ3n) is 2.42. The van der Waals surface area contributed by atoms with E-state index in [0.717, 1.165) is 11.6 Å². The van der Waals surface area contributed by atoms with Crippen molar-refractivity contribution in [2.45, 2.75) is 26.8 Å². The Morgan fingerprint density at radius 3 is 2.62 bits per heavy atom. The summed E-state index contributed by atoms with van der Waals surface area (Å²) in [5, 5.41) is 13.8. The molecule has 0 aliphatic rings. The van der Waals surface area contributed by atoms with Gasteiger partial charge in [-0.1, -0.05) is 0 Å². The summed E-state index contributed by atoms with van der Waals surface area (Å²) in [5.74, 6) is -1.64. The van der Waals surface area contributed by atoms with Crippen molar-refractivity contribution in [2.24, 2.45) is 0 Å². The van der Waals surface area contributed by atoms with Crippen LogP contribution in [0.2, 0.25) is 0 Å². The lowest BCUT2D eigenvalue weighted by molar-refractivity contribution is -0.131. The van der Waals surface area contributed by atoms with Crippen molar-refractivity contribution >= 4 is 35.2 Å². The highest BCUT2D eigenvalue weighted by atomic mass is 32.1. The van der Waals surface area contributed by atoms with Crippen LogP contribution in [-0.4, -0.2) is 35.5 Å². The topological polar surface area (TPSA) is 95.5 Å². The number of carbonyl (C=O) groups is 3. The van der Waals surface area contributed by atoms with Crippen molar-refractivity contribution in [3.63, 3.8) is 0 Å². The summed E-state index contributed by atoms with van der Waals surface area (Å²) in [4.78, 5) is 35.0. The van der Waals surface area contributed by atoms with Crippen LogP contribution in [0.3, 0.4) is 0 Å². The van der Waals surface area contributed by atoms with Gasteiger partial charge in [0.1, 0.15) is 0 Å². The molecule has 0 unspecified atom stereocenters. The number of thiophene rings is 1. The van der Waals surface area contributed by atoms with Crippen LogP contribution < -0.4 is 10.6 Å². The first kappa shape index (κ1) is 16.9. The zero-order chi connectivity index (χ0) is 16.0. The summed E-state index contributed by atoms with van der Waals surface area (Å²) in [6.07, 6.45) is 2.47. The first-order chi connectivity index (χ1) is 9.79. The van der Waals surface area contributed by atoms with Gasteiger partial charge in [-0.25, -0.2) is 4.79 Å². The Balaban J connectivity index is 2.65. The second kappa shape index (κ2) is 7.58. The number of hydrogen-bond acceptors (Lipinski definition) is 4.